The van der Waals surface area contributed by atoms with E-state index in [0.717, 1.165) is 24.2 Å². The van der Waals surface area contributed by atoms with Gasteiger partial charge in [0.2, 0.25) is 0 Å². The van der Waals surface area contributed by atoms with Crippen molar-refractivity contribution in [1.82, 2.24) is 0 Å². The number of methoxy groups -OCH3 is 1. The maximum absolute atomic E-state index is 10.0. The molecule has 2 aromatic rings. The number of aryl methyl sites for hydroxylation is 1. The lowest BCUT2D eigenvalue weighted by molar-refractivity contribution is 0.0949. The van der Waals surface area contributed by atoms with E-state index in [4.69, 9.17) is 14.2 Å². The van der Waals surface area contributed by atoms with E-state index in [9.17, 15) is 5.11 Å². The van der Waals surface area contributed by atoms with Crippen molar-refractivity contribution in [2.75, 3.05) is 20.3 Å². The average molecular weight is 330 g/mol. The normalized spacial score (nSPS) is 11.8. The molecular weight excluding hydrogens is 304 g/mol. The summed E-state index contributed by atoms with van der Waals surface area (Å²) >= 11 is 0. The Kier molecular flexibility index (Phi) is 7.43. The molecule has 0 aliphatic carbocycles. The van der Waals surface area contributed by atoms with Gasteiger partial charge >= 0.3 is 0 Å². The van der Waals surface area contributed by atoms with Crippen LogP contribution in [0.1, 0.15) is 24.8 Å². The fourth-order valence-electron chi connectivity index (χ4n) is 2.39. The molecule has 1 atom stereocenters. The van der Waals surface area contributed by atoms with Gasteiger partial charge in [-0.1, -0.05) is 30.3 Å². The molecule has 0 heterocycles. The van der Waals surface area contributed by atoms with Crippen LogP contribution in [0.2, 0.25) is 0 Å². The van der Waals surface area contributed by atoms with Crippen molar-refractivity contribution >= 4 is 0 Å². The number of para-hydroxylation sites is 3. The molecule has 130 valence electrons. The molecule has 2 rings (SSSR count). The highest BCUT2D eigenvalue weighted by Crippen LogP contribution is 2.26. The molecule has 0 saturated heterocycles. The molecule has 4 nitrogen and oxygen atoms in total. The van der Waals surface area contributed by atoms with Crippen molar-refractivity contribution in [3.63, 3.8) is 0 Å². The van der Waals surface area contributed by atoms with Gasteiger partial charge in [0.05, 0.1) is 19.8 Å². The Morgan fingerprint density at radius 3 is 2.25 bits per heavy atom. The van der Waals surface area contributed by atoms with Gasteiger partial charge in [-0.15, -0.1) is 0 Å². The maximum atomic E-state index is 10.0. The Labute approximate surface area is 144 Å². The molecule has 0 aliphatic rings. The molecule has 24 heavy (non-hydrogen) atoms. The summed E-state index contributed by atoms with van der Waals surface area (Å²) in [5.74, 6) is 2.26. The molecule has 4 heteroatoms. The van der Waals surface area contributed by atoms with Crippen molar-refractivity contribution in [2.45, 2.75) is 32.3 Å². The van der Waals surface area contributed by atoms with Crippen LogP contribution >= 0.6 is 0 Å². The van der Waals surface area contributed by atoms with Crippen LogP contribution < -0.4 is 14.2 Å². The lowest BCUT2D eigenvalue weighted by Gasteiger charge is -2.14. The topological polar surface area (TPSA) is 47.9 Å². The summed E-state index contributed by atoms with van der Waals surface area (Å²) in [5, 5.41) is 10.0. The lowest BCUT2D eigenvalue weighted by atomic mass is 10.1. The third kappa shape index (κ3) is 5.78. The second-order valence-electron chi connectivity index (χ2n) is 5.73. The van der Waals surface area contributed by atoms with Gasteiger partial charge in [0.15, 0.2) is 11.5 Å². The van der Waals surface area contributed by atoms with Crippen molar-refractivity contribution < 1.29 is 19.3 Å². The summed E-state index contributed by atoms with van der Waals surface area (Å²) < 4.78 is 16.6. The Hall–Kier alpha value is -2.20. The lowest BCUT2D eigenvalue weighted by Crippen LogP contribution is -2.18. The summed E-state index contributed by atoms with van der Waals surface area (Å²) in [4.78, 5) is 0. The molecule has 0 spiro atoms. The first-order valence-corrected chi connectivity index (χ1v) is 8.33. The van der Waals surface area contributed by atoms with Gasteiger partial charge < -0.3 is 19.3 Å². The van der Waals surface area contributed by atoms with Crippen LogP contribution in [0, 0.1) is 6.92 Å². The van der Waals surface area contributed by atoms with Gasteiger partial charge in [0.1, 0.15) is 12.4 Å². The highest BCUT2D eigenvalue weighted by Gasteiger charge is 2.08. The van der Waals surface area contributed by atoms with Crippen molar-refractivity contribution in [2.24, 2.45) is 0 Å². The number of benzene rings is 2. The summed E-state index contributed by atoms with van der Waals surface area (Å²) in [7, 11) is 1.60. The number of rotatable bonds is 10. The predicted molar refractivity (Wildman–Crippen MR) is 95.0 cm³/mol. The van der Waals surface area contributed by atoms with E-state index in [1.54, 1.807) is 7.11 Å². The minimum Gasteiger partial charge on any atom is -0.493 e. The van der Waals surface area contributed by atoms with Gasteiger partial charge in [-0.3, -0.25) is 0 Å². The quantitative estimate of drug-likeness (QED) is 0.669. The zero-order valence-electron chi connectivity index (χ0n) is 14.4. The van der Waals surface area contributed by atoms with Crippen LogP contribution in [0.15, 0.2) is 48.5 Å². The van der Waals surface area contributed by atoms with Crippen molar-refractivity contribution in [1.29, 1.82) is 0 Å². The SMILES string of the molecule is COc1ccccc1OCC(O)CCCCOc1ccccc1C. The molecular formula is C20H26O4. The van der Waals surface area contributed by atoms with Crippen LogP contribution in [-0.4, -0.2) is 31.5 Å². The molecule has 0 aliphatic heterocycles. The van der Waals surface area contributed by atoms with Gasteiger partial charge in [0.25, 0.3) is 0 Å². The standard InChI is InChI=1S/C20H26O4/c1-16-9-3-4-11-18(16)23-14-8-7-10-17(21)15-24-20-13-6-5-12-19(20)22-2/h3-6,9,11-13,17,21H,7-8,10,14-15H2,1-2H3. The van der Waals surface area contributed by atoms with Gasteiger partial charge in [0, 0.05) is 0 Å². The first-order chi connectivity index (χ1) is 11.7. The van der Waals surface area contributed by atoms with Gasteiger partial charge in [-0.05, 0) is 49.9 Å². The second kappa shape index (κ2) is 9.83. The first kappa shape index (κ1) is 18.1. The number of ether oxygens (including phenoxy) is 3. The molecule has 0 radical (unpaired) electrons. The molecule has 1 N–H and O–H groups in total. The monoisotopic (exact) mass is 330 g/mol. The average Bonchev–Trinajstić information content (AvgIpc) is 2.61. The summed E-state index contributed by atoms with van der Waals surface area (Å²) in [6.07, 6.45) is 1.99. The predicted octanol–water partition coefficient (Wildman–Crippen LogP) is 3.99. The number of hydrogen-bond acceptors (Lipinski definition) is 4. The minimum atomic E-state index is -0.492. The van der Waals surface area contributed by atoms with E-state index in [0.29, 0.717) is 24.5 Å². The number of unbranched alkanes of at least 4 members (excludes halogenated alkanes) is 1. The summed E-state index contributed by atoms with van der Waals surface area (Å²) in [5.41, 5.74) is 1.14. The smallest absolute Gasteiger partial charge is 0.161 e. The highest BCUT2D eigenvalue weighted by molar-refractivity contribution is 5.39. The second-order valence-corrected chi connectivity index (χ2v) is 5.73. The number of hydrogen-bond donors (Lipinski definition) is 1. The number of aliphatic hydroxyl groups excluding tert-OH is 1. The van der Waals surface area contributed by atoms with Crippen molar-refractivity contribution in [3.8, 4) is 17.2 Å². The fourth-order valence-corrected chi connectivity index (χ4v) is 2.39. The van der Waals surface area contributed by atoms with E-state index >= 15 is 0 Å². The molecule has 0 aromatic heterocycles. The number of aliphatic hydroxyl groups is 1. The summed E-state index contributed by atoms with van der Waals surface area (Å²) in [6.45, 7) is 2.96. The van der Waals surface area contributed by atoms with Crippen LogP contribution in [-0.2, 0) is 0 Å². The third-order valence-electron chi connectivity index (χ3n) is 3.78. The molecule has 0 bridgehead atoms. The van der Waals surface area contributed by atoms with Crippen LogP contribution in [0.4, 0.5) is 0 Å². The van der Waals surface area contributed by atoms with E-state index in [1.807, 2.05) is 55.5 Å². The van der Waals surface area contributed by atoms with E-state index in [-0.39, 0.29) is 6.61 Å². The van der Waals surface area contributed by atoms with E-state index in [1.165, 1.54) is 0 Å². The molecule has 0 amide bonds. The molecule has 0 fully saturated rings. The minimum absolute atomic E-state index is 0.263. The first-order valence-electron chi connectivity index (χ1n) is 8.33. The highest BCUT2D eigenvalue weighted by atomic mass is 16.5. The zero-order valence-corrected chi connectivity index (χ0v) is 14.4. The Morgan fingerprint density at radius 2 is 1.54 bits per heavy atom. The Morgan fingerprint density at radius 1 is 0.875 bits per heavy atom. The van der Waals surface area contributed by atoms with Crippen LogP contribution in [0.25, 0.3) is 0 Å². The third-order valence-corrected chi connectivity index (χ3v) is 3.78. The molecule has 0 saturated carbocycles. The van der Waals surface area contributed by atoms with E-state index < -0.39 is 6.10 Å². The Bertz CT molecular complexity index is 612. The van der Waals surface area contributed by atoms with Crippen LogP contribution in [0.3, 0.4) is 0 Å². The van der Waals surface area contributed by atoms with E-state index in [2.05, 4.69) is 0 Å². The fraction of sp³-hybridized carbons (Fsp3) is 0.400. The largest absolute Gasteiger partial charge is 0.493 e. The summed E-state index contributed by atoms with van der Waals surface area (Å²) in [6, 6.07) is 15.4. The van der Waals surface area contributed by atoms with Crippen molar-refractivity contribution in [3.05, 3.63) is 54.1 Å². The maximum Gasteiger partial charge on any atom is 0.161 e. The zero-order chi connectivity index (χ0) is 17.2. The Balaban J connectivity index is 1.61. The molecule has 2 aromatic carbocycles. The van der Waals surface area contributed by atoms with Gasteiger partial charge in [-0.25, -0.2) is 0 Å². The van der Waals surface area contributed by atoms with Gasteiger partial charge in [-0.2, -0.15) is 0 Å². The van der Waals surface area contributed by atoms with Crippen LogP contribution in [0.5, 0.6) is 17.2 Å². The molecule has 1 unspecified atom stereocenters.